The van der Waals surface area contributed by atoms with Gasteiger partial charge in [-0.3, -0.25) is 24.6 Å². The molecule has 0 spiro atoms. The fraction of sp³-hybridized carbons (Fsp3) is 0.455. The lowest BCUT2D eigenvalue weighted by Gasteiger charge is -2.32. The number of likely N-dealkylation sites (tertiary alicyclic amines) is 1. The normalized spacial score (nSPS) is 19.8. The lowest BCUT2D eigenvalue weighted by atomic mass is 9.89. The smallest absolute Gasteiger partial charge is 0.359 e. The van der Waals surface area contributed by atoms with Crippen LogP contribution in [0, 0.1) is 0 Å². The molecule has 3 amide bonds. The van der Waals surface area contributed by atoms with Crippen molar-refractivity contribution in [2.24, 2.45) is 7.05 Å². The van der Waals surface area contributed by atoms with Crippen molar-refractivity contribution in [2.45, 2.75) is 61.7 Å². The van der Waals surface area contributed by atoms with E-state index >= 15 is 0 Å². The van der Waals surface area contributed by atoms with E-state index in [0.717, 1.165) is 60.0 Å². The van der Waals surface area contributed by atoms with Gasteiger partial charge in [-0.25, -0.2) is 18.3 Å². The summed E-state index contributed by atoms with van der Waals surface area (Å²) in [5.74, 6) is 0.711. The number of aryl methyl sites for hydroxylation is 1. The molecule has 11 nitrogen and oxygen atoms in total. The highest BCUT2D eigenvalue weighted by atomic mass is 32.2. The molecule has 1 atom stereocenters. The van der Waals surface area contributed by atoms with Crippen molar-refractivity contribution in [1.82, 2.24) is 29.3 Å². The van der Waals surface area contributed by atoms with Gasteiger partial charge in [0.05, 0.1) is 16.6 Å². The van der Waals surface area contributed by atoms with Crippen LogP contribution in [-0.4, -0.2) is 78.9 Å². The summed E-state index contributed by atoms with van der Waals surface area (Å²) < 4.78 is 55.7. The number of imide groups is 1. The van der Waals surface area contributed by atoms with Crippen LogP contribution in [0.5, 0.6) is 0 Å². The second kappa shape index (κ2) is 13.8. The number of nitrogens with zero attached hydrogens (tertiary/aromatic N) is 6. The molecule has 2 aromatic carbocycles. The van der Waals surface area contributed by atoms with Crippen molar-refractivity contribution < 1.29 is 27.0 Å². The quantitative estimate of drug-likeness (QED) is 0.249. The summed E-state index contributed by atoms with van der Waals surface area (Å²) >= 11 is 0.609. The molecule has 0 radical (unpaired) electrons. The SMILES string of the molecule is Cn1nc(N2CCC(=O)NC2=O)c2ccc(C3CCN(Cc4ccc(S(=O)N5CCC(Nc6ncc(C(F)(F)F)s6)CC5)cc4)CC3)cc21. The summed E-state index contributed by atoms with van der Waals surface area (Å²) in [6, 6.07) is 13.8. The van der Waals surface area contributed by atoms with Gasteiger partial charge in [-0.1, -0.05) is 29.5 Å². The van der Waals surface area contributed by atoms with Gasteiger partial charge in [0.2, 0.25) is 5.91 Å². The Balaban J connectivity index is 0.889. The number of carbonyl (C=O) groups excluding carboxylic acids is 2. The molecule has 3 aliphatic heterocycles. The third-order valence-electron chi connectivity index (χ3n) is 9.56. The number of nitrogens with one attached hydrogen (secondary N) is 2. The van der Waals surface area contributed by atoms with Crippen LogP contribution in [0.2, 0.25) is 0 Å². The number of alkyl halides is 3. The number of thiazole rings is 1. The van der Waals surface area contributed by atoms with Crippen LogP contribution in [0.25, 0.3) is 10.9 Å². The zero-order valence-electron chi connectivity index (χ0n) is 26.9. The lowest BCUT2D eigenvalue weighted by Crippen LogP contribution is -2.49. The number of urea groups is 1. The van der Waals surface area contributed by atoms with E-state index in [0.29, 0.717) is 55.5 Å². The van der Waals surface area contributed by atoms with Crippen LogP contribution in [0.1, 0.15) is 54.0 Å². The van der Waals surface area contributed by atoms with Gasteiger partial charge >= 0.3 is 12.2 Å². The predicted octanol–water partition coefficient (Wildman–Crippen LogP) is 5.47. The number of benzene rings is 2. The predicted molar refractivity (Wildman–Crippen MR) is 182 cm³/mol. The Morgan fingerprint density at radius 1 is 1.00 bits per heavy atom. The first-order valence-corrected chi connectivity index (χ1v) is 18.3. The lowest BCUT2D eigenvalue weighted by molar-refractivity contribution is -0.134. The molecular weight excluding hydrogens is 678 g/mol. The first-order valence-electron chi connectivity index (χ1n) is 16.4. The molecule has 2 aromatic heterocycles. The molecule has 49 heavy (non-hydrogen) atoms. The third kappa shape index (κ3) is 7.37. The molecule has 3 aliphatic rings. The molecule has 7 rings (SSSR count). The van der Waals surface area contributed by atoms with Crippen molar-refractivity contribution in [3.63, 3.8) is 0 Å². The van der Waals surface area contributed by atoms with Crippen molar-refractivity contribution in [3.05, 3.63) is 64.7 Å². The number of aromatic nitrogens is 3. The Hall–Kier alpha value is -3.86. The Morgan fingerprint density at radius 2 is 1.73 bits per heavy atom. The van der Waals surface area contributed by atoms with Crippen LogP contribution >= 0.6 is 11.3 Å². The Bertz CT molecular complexity index is 1860. The minimum absolute atomic E-state index is 0.0129. The molecule has 0 bridgehead atoms. The number of halogens is 3. The van der Waals surface area contributed by atoms with Crippen LogP contribution in [-0.2, 0) is 35.5 Å². The molecule has 5 heterocycles. The van der Waals surface area contributed by atoms with E-state index in [-0.39, 0.29) is 23.5 Å². The zero-order chi connectivity index (χ0) is 34.3. The molecule has 0 saturated carbocycles. The number of carbonyl (C=O) groups is 2. The van der Waals surface area contributed by atoms with Gasteiger partial charge in [-0.2, -0.15) is 18.3 Å². The van der Waals surface area contributed by atoms with E-state index in [1.807, 2.05) is 41.7 Å². The molecule has 4 aromatic rings. The van der Waals surface area contributed by atoms with Crippen LogP contribution in [0.15, 0.2) is 53.6 Å². The number of amides is 3. The topological polar surface area (TPSA) is 116 Å². The van der Waals surface area contributed by atoms with E-state index in [2.05, 4.69) is 37.7 Å². The van der Waals surface area contributed by atoms with E-state index in [1.54, 1.807) is 4.68 Å². The maximum absolute atomic E-state index is 13.3. The maximum atomic E-state index is 13.3. The van der Waals surface area contributed by atoms with Crippen molar-refractivity contribution in [3.8, 4) is 0 Å². The summed E-state index contributed by atoms with van der Waals surface area (Å²) in [5.41, 5.74) is 3.37. The highest BCUT2D eigenvalue weighted by Crippen LogP contribution is 2.36. The third-order valence-corrected chi connectivity index (χ3v) is 12.0. The van der Waals surface area contributed by atoms with Gasteiger partial charge in [0.25, 0.3) is 0 Å². The number of anilines is 2. The van der Waals surface area contributed by atoms with Gasteiger partial charge in [0, 0.05) is 51.1 Å². The van der Waals surface area contributed by atoms with Gasteiger partial charge in [0.15, 0.2) is 10.9 Å². The summed E-state index contributed by atoms with van der Waals surface area (Å²) in [6.07, 6.45) is 0.0830. The van der Waals surface area contributed by atoms with Gasteiger partial charge in [0.1, 0.15) is 15.9 Å². The Labute approximate surface area is 288 Å². The van der Waals surface area contributed by atoms with Crippen molar-refractivity contribution in [2.75, 3.05) is 42.9 Å². The largest absolute Gasteiger partial charge is 0.427 e. The van der Waals surface area contributed by atoms with E-state index in [9.17, 15) is 27.0 Å². The molecule has 0 aliphatic carbocycles. The van der Waals surface area contributed by atoms with Crippen molar-refractivity contribution >= 4 is 56.1 Å². The average Bonchev–Trinajstić information content (AvgIpc) is 3.70. The van der Waals surface area contributed by atoms with E-state index in [4.69, 9.17) is 0 Å². The summed E-state index contributed by atoms with van der Waals surface area (Å²) in [7, 11) is 0.566. The molecule has 2 N–H and O–H groups in total. The monoisotopic (exact) mass is 714 g/mol. The summed E-state index contributed by atoms with van der Waals surface area (Å²) in [4.78, 5) is 31.9. The molecule has 3 saturated heterocycles. The fourth-order valence-electron chi connectivity index (χ4n) is 6.83. The zero-order valence-corrected chi connectivity index (χ0v) is 28.5. The van der Waals surface area contributed by atoms with E-state index in [1.165, 1.54) is 10.5 Å². The maximum Gasteiger partial charge on any atom is 0.427 e. The second-order valence-electron chi connectivity index (χ2n) is 12.8. The van der Waals surface area contributed by atoms with Crippen LogP contribution in [0.3, 0.4) is 0 Å². The van der Waals surface area contributed by atoms with Crippen molar-refractivity contribution in [1.29, 1.82) is 0 Å². The number of hydrogen-bond acceptors (Lipinski definition) is 8. The standard InChI is InChI=1S/C33H37F3N8O3S2/c1-41-27-18-23(4-7-26(27)30(40-41)44-17-12-29(45)39-32(44)46)22-8-13-42(14-9-22)20-21-2-5-25(6-3-21)49(47)43-15-10-24(11-16-43)38-31-37-19-28(48-31)33(34,35)36/h2-7,18-19,22,24H,8-17,20H2,1H3,(H,37,38)(H,39,45,46). The highest BCUT2D eigenvalue weighted by molar-refractivity contribution is 7.82. The van der Waals surface area contributed by atoms with Crippen LogP contribution < -0.4 is 15.5 Å². The fourth-order valence-corrected chi connectivity index (χ4v) is 8.80. The molecule has 260 valence electrons. The molecule has 16 heteroatoms. The molecule has 3 fully saturated rings. The van der Waals surface area contributed by atoms with Gasteiger partial charge in [-0.05, 0) is 80.1 Å². The van der Waals surface area contributed by atoms with Gasteiger partial charge < -0.3 is 5.32 Å². The Kier molecular flexibility index (Phi) is 9.47. The minimum atomic E-state index is -4.39. The number of fused-ring (bicyclic) bond motifs is 1. The minimum Gasteiger partial charge on any atom is -0.359 e. The first-order chi connectivity index (χ1) is 23.5. The summed E-state index contributed by atoms with van der Waals surface area (Å²) in [5, 5.41) is 11.2. The molecular formula is C33H37F3N8O3S2. The highest BCUT2D eigenvalue weighted by Gasteiger charge is 2.34. The number of piperidine rings is 2. The average molecular weight is 715 g/mol. The Morgan fingerprint density at radius 3 is 2.41 bits per heavy atom. The summed E-state index contributed by atoms with van der Waals surface area (Å²) in [6.45, 7) is 4.18. The number of hydrogen-bond donors (Lipinski definition) is 2. The number of rotatable bonds is 8. The van der Waals surface area contributed by atoms with E-state index < -0.39 is 28.1 Å². The second-order valence-corrected chi connectivity index (χ2v) is 15.3. The van der Waals surface area contributed by atoms with Crippen LogP contribution in [0.4, 0.5) is 28.9 Å². The first kappa shape index (κ1) is 33.6. The molecule has 1 unspecified atom stereocenters. The van der Waals surface area contributed by atoms with Gasteiger partial charge in [-0.15, -0.1) is 0 Å².